The van der Waals surface area contributed by atoms with Crippen LogP contribution in [0.1, 0.15) is 68.2 Å². The van der Waals surface area contributed by atoms with Crippen LogP contribution < -0.4 is 0 Å². The summed E-state index contributed by atoms with van der Waals surface area (Å²) >= 11 is 3.43. The van der Waals surface area contributed by atoms with Gasteiger partial charge in [0.15, 0.2) is 0 Å². The molecule has 0 saturated carbocycles. The Hall–Kier alpha value is -0.206. The fourth-order valence-electron chi connectivity index (χ4n) is 4.23. The lowest BCUT2D eigenvalue weighted by Gasteiger charge is -2.28. The molecule has 0 fully saturated rings. The van der Waals surface area contributed by atoms with E-state index in [1.165, 1.54) is 0 Å². The molecule has 2 unspecified atom stereocenters. The van der Waals surface area contributed by atoms with Gasteiger partial charge < -0.3 is 40.8 Å². The van der Waals surface area contributed by atoms with Gasteiger partial charge in [0.2, 0.25) is 0 Å². The third-order valence-electron chi connectivity index (χ3n) is 6.21. The van der Waals surface area contributed by atoms with E-state index >= 15 is 0 Å². The van der Waals surface area contributed by atoms with E-state index in [1.54, 1.807) is 23.5 Å². The molecule has 0 spiro atoms. The van der Waals surface area contributed by atoms with Gasteiger partial charge in [0, 0.05) is 63.2 Å². The van der Waals surface area contributed by atoms with Gasteiger partial charge in [-0.2, -0.15) is 23.5 Å². The van der Waals surface area contributed by atoms with Crippen LogP contribution in [-0.2, 0) is 50.4 Å². The second-order valence-electron chi connectivity index (χ2n) is 10.1. The van der Waals surface area contributed by atoms with Crippen LogP contribution in [0.3, 0.4) is 0 Å². The van der Waals surface area contributed by atoms with Crippen molar-refractivity contribution in [3.05, 3.63) is 0 Å². The SMILES string of the molecule is CCO[Si](CCCSCC(C)C(=O)OCCOCCOC(=O)C(C)CSCCC[Si](OCC)(OCC)OCC)(OCC)OCC. The predicted molar refractivity (Wildman–Crippen MR) is 186 cm³/mol. The van der Waals surface area contributed by atoms with Crippen molar-refractivity contribution in [2.75, 3.05) is 89.1 Å². The topological polar surface area (TPSA) is 117 Å². The molecule has 45 heavy (non-hydrogen) atoms. The maximum absolute atomic E-state index is 12.3. The number of hydrogen-bond donors (Lipinski definition) is 0. The maximum atomic E-state index is 12.3. The van der Waals surface area contributed by atoms with Crippen LogP contribution >= 0.6 is 23.5 Å². The number of ether oxygens (including phenoxy) is 3. The van der Waals surface area contributed by atoms with Crippen LogP contribution in [0.2, 0.25) is 12.1 Å². The molecular weight excluding hydrogens is 657 g/mol. The Balaban J connectivity index is 4.00. The first-order chi connectivity index (χ1) is 21.7. The largest absolute Gasteiger partial charge is 0.500 e. The smallest absolute Gasteiger partial charge is 0.463 e. The van der Waals surface area contributed by atoms with Crippen molar-refractivity contribution in [1.29, 1.82) is 0 Å². The molecule has 0 bridgehead atoms. The van der Waals surface area contributed by atoms with Crippen molar-refractivity contribution in [2.24, 2.45) is 11.8 Å². The van der Waals surface area contributed by atoms with Crippen molar-refractivity contribution >= 4 is 53.1 Å². The molecule has 0 heterocycles. The van der Waals surface area contributed by atoms with Crippen LogP contribution in [0.5, 0.6) is 0 Å². The molecule has 0 amide bonds. The van der Waals surface area contributed by atoms with Gasteiger partial charge in [-0.3, -0.25) is 9.59 Å². The van der Waals surface area contributed by atoms with Gasteiger partial charge in [0.25, 0.3) is 0 Å². The summed E-state index contributed by atoms with van der Waals surface area (Å²) in [5, 5.41) is 0. The van der Waals surface area contributed by atoms with Crippen molar-refractivity contribution < 1.29 is 50.4 Å². The van der Waals surface area contributed by atoms with Crippen molar-refractivity contribution in [3.8, 4) is 0 Å². The van der Waals surface area contributed by atoms with E-state index in [2.05, 4.69) is 0 Å². The average molecular weight is 719 g/mol. The Morgan fingerprint density at radius 3 is 1.13 bits per heavy atom. The fraction of sp³-hybridized carbons (Fsp3) is 0.933. The van der Waals surface area contributed by atoms with E-state index in [0.29, 0.717) is 51.1 Å². The third kappa shape index (κ3) is 21.4. The molecule has 0 saturated heterocycles. The zero-order valence-corrected chi connectivity index (χ0v) is 32.8. The zero-order valence-electron chi connectivity index (χ0n) is 29.2. The lowest BCUT2D eigenvalue weighted by Crippen LogP contribution is -2.46. The molecule has 11 nitrogen and oxygen atoms in total. The predicted octanol–water partition coefficient (Wildman–Crippen LogP) is 5.71. The van der Waals surface area contributed by atoms with Crippen LogP contribution in [0, 0.1) is 11.8 Å². The van der Waals surface area contributed by atoms with Crippen LogP contribution in [-0.4, -0.2) is 119 Å². The number of hydrogen-bond acceptors (Lipinski definition) is 13. The van der Waals surface area contributed by atoms with Gasteiger partial charge in [-0.05, 0) is 65.9 Å². The number of rotatable bonds is 32. The first kappa shape index (κ1) is 44.8. The number of carbonyl (C=O) groups excluding carboxylic acids is 2. The highest BCUT2D eigenvalue weighted by atomic mass is 32.2. The van der Waals surface area contributed by atoms with Gasteiger partial charge in [-0.15, -0.1) is 0 Å². The molecule has 0 aliphatic carbocycles. The Morgan fingerprint density at radius 2 is 0.844 bits per heavy atom. The lowest BCUT2D eigenvalue weighted by atomic mass is 10.2. The van der Waals surface area contributed by atoms with E-state index < -0.39 is 17.6 Å². The van der Waals surface area contributed by atoms with Crippen molar-refractivity contribution in [2.45, 2.75) is 80.3 Å². The zero-order chi connectivity index (χ0) is 33.8. The molecule has 0 rings (SSSR count). The second kappa shape index (κ2) is 28.8. The molecule has 0 aliphatic rings. The Labute approximate surface area is 283 Å². The highest BCUT2D eigenvalue weighted by Crippen LogP contribution is 2.22. The minimum absolute atomic E-state index is 0.167. The highest BCUT2D eigenvalue weighted by molar-refractivity contribution is 7.99. The molecule has 0 aliphatic heterocycles. The molecule has 0 N–H and O–H groups in total. The molecule has 268 valence electrons. The van der Waals surface area contributed by atoms with E-state index in [9.17, 15) is 9.59 Å². The van der Waals surface area contributed by atoms with E-state index in [4.69, 9.17) is 40.8 Å². The van der Waals surface area contributed by atoms with E-state index in [0.717, 1.165) is 36.4 Å². The standard InChI is InChI=1S/C30H62O11S2Si2/c1-9-36-44(37-10-2,38-11-3)23-15-21-42-25-27(7)29(31)34-19-17-33-18-20-35-30(32)28(8)26-43-22-16-24-45(39-12-4,40-13-5)41-14-6/h27-28H,9-26H2,1-8H3. The Bertz CT molecular complexity index is 648. The number of thioether (sulfide) groups is 2. The monoisotopic (exact) mass is 718 g/mol. The highest BCUT2D eigenvalue weighted by Gasteiger charge is 2.40. The first-order valence-corrected chi connectivity index (χ1v) is 22.8. The summed E-state index contributed by atoms with van der Waals surface area (Å²) in [6, 6.07) is 1.53. The van der Waals surface area contributed by atoms with E-state index in [-0.39, 0.29) is 50.2 Å². The second-order valence-corrected chi connectivity index (χ2v) is 17.8. The summed E-state index contributed by atoms with van der Waals surface area (Å²) in [5.41, 5.74) is 0. The lowest BCUT2D eigenvalue weighted by molar-refractivity contribution is -0.150. The molecule has 0 aromatic heterocycles. The average Bonchev–Trinajstić information content (AvgIpc) is 3.00. The normalized spacial score (nSPS) is 13.5. The minimum Gasteiger partial charge on any atom is -0.463 e. The number of carbonyl (C=O) groups is 2. The van der Waals surface area contributed by atoms with Crippen LogP contribution in [0.25, 0.3) is 0 Å². The molecule has 15 heteroatoms. The van der Waals surface area contributed by atoms with Crippen LogP contribution in [0.15, 0.2) is 0 Å². The first-order valence-electron chi connectivity index (χ1n) is 16.6. The summed E-state index contributed by atoms with van der Waals surface area (Å²) in [6.45, 7) is 19.7. The molecule has 0 aromatic rings. The molecule has 0 radical (unpaired) electrons. The van der Waals surface area contributed by atoms with Crippen LogP contribution in [0.4, 0.5) is 0 Å². The Morgan fingerprint density at radius 1 is 0.533 bits per heavy atom. The van der Waals surface area contributed by atoms with Gasteiger partial charge in [-0.1, -0.05) is 13.8 Å². The summed E-state index contributed by atoms with van der Waals surface area (Å²) < 4.78 is 51.5. The minimum atomic E-state index is -2.62. The van der Waals surface area contributed by atoms with Gasteiger partial charge >= 0.3 is 29.5 Å². The van der Waals surface area contributed by atoms with Gasteiger partial charge in [0.05, 0.1) is 25.0 Å². The maximum Gasteiger partial charge on any atom is 0.500 e. The molecular formula is C30H62O11S2Si2. The molecule has 0 aromatic carbocycles. The number of esters is 2. The van der Waals surface area contributed by atoms with Gasteiger partial charge in [0.1, 0.15) is 13.2 Å². The van der Waals surface area contributed by atoms with Crippen molar-refractivity contribution in [1.82, 2.24) is 0 Å². The quantitative estimate of drug-likeness (QED) is 0.0481. The van der Waals surface area contributed by atoms with E-state index in [1.807, 2.05) is 55.4 Å². The van der Waals surface area contributed by atoms with Gasteiger partial charge in [-0.25, -0.2) is 0 Å². The summed E-state index contributed by atoms with van der Waals surface area (Å²) in [5.74, 6) is 2.21. The fourth-order valence-corrected chi connectivity index (χ4v) is 12.0. The van der Waals surface area contributed by atoms with Crippen molar-refractivity contribution in [3.63, 3.8) is 0 Å². The molecule has 2 atom stereocenters. The summed E-state index contributed by atoms with van der Waals surface area (Å²) in [7, 11) is -5.23. The summed E-state index contributed by atoms with van der Waals surface area (Å²) in [4.78, 5) is 24.6. The Kier molecular flexibility index (Phi) is 28.6. The summed E-state index contributed by atoms with van der Waals surface area (Å²) in [6.07, 6.45) is 1.80. The third-order valence-corrected chi connectivity index (χ3v) is 15.1.